The van der Waals surface area contributed by atoms with Gasteiger partial charge in [0.15, 0.2) is 0 Å². The molecule has 0 heteroatoms. The summed E-state index contributed by atoms with van der Waals surface area (Å²) in [4.78, 5) is 0. The van der Waals surface area contributed by atoms with Crippen molar-refractivity contribution in [2.24, 2.45) is 0 Å². The normalized spacial score (nSPS) is 14.0. The first-order chi connectivity index (χ1) is 9.95. The molecule has 0 radical (unpaired) electrons. The van der Waals surface area contributed by atoms with Crippen molar-refractivity contribution in [3.63, 3.8) is 0 Å². The Labute approximate surface area is 131 Å². The highest BCUT2D eigenvalue weighted by molar-refractivity contribution is 5.29. The van der Waals surface area contributed by atoms with Gasteiger partial charge in [-0.25, -0.2) is 0 Å². The first-order valence-electron chi connectivity index (χ1n) is 7.57. The van der Waals surface area contributed by atoms with Crippen LogP contribution in [-0.4, -0.2) is 0 Å². The third-order valence-corrected chi connectivity index (χ3v) is 2.93. The molecule has 0 nitrogen and oxygen atoms in total. The van der Waals surface area contributed by atoms with Gasteiger partial charge < -0.3 is 0 Å². The van der Waals surface area contributed by atoms with Gasteiger partial charge in [-0.2, -0.15) is 0 Å². The van der Waals surface area contributed by atoms with E-state index >= 15 is 0 Å². The van der Waals surface area contributed by atoms with Crippen molar-refractivity contribution in [2.45, 2.75) is 47.5 Å². The molecule has 0 aromatic carbocycles. The first kappa shape index (κ1) is 19.2. The van der Waals surface area contributed by atoms with Crippen LogP contribution in [0.2, 0.25) is 0 Å². The highest BCUT2D eigenvalue weighted by atomic mass is 13.9. The topological polar surface area (TPSA) is 0 Å². The molecule has 0 aliphatic rings. The van der Waals surface area contributed by atoms with Crippen LogP contribution < -0.4 is 0 Å². The maximum absolute atomic E-state index is 3.68. The molecule has 0 saturated heterocycles. The van der Waals surface area contributed by atoms with E-state index < -0.39 is 0 Å². The van der Waals surface area contributed by atoms with E-state index in [-0.39, 0.29) is 0 Å². The summed E-state index contributed by atoms with van der Waals surface area (Å²) in [5.74, 6) is 0. The van der Waals surface area contributed by atoms with Crippen LogP contribution >= 0.6 is 0 Å². The van der Waals surface area contributed by atoms with Gasteiger partial charge in [-0.1, -0.05) is 83.6 Å². The fourth-order valence-corrected chi connectivity index (χ4v) is 1.68. The standard InChI is InChI=1S/C21H30/c1-7-11-19(4)14-9-15-21(6)17-10-16-20(5)13-8-12-18(2)3/h7,9-12,14-17H,1,8,13H2,2-6H3. The van der Waals surface area contributed by atoms with Crippen molar-refractivity contribution < 1.29 is 0 Å². The van der Waals surface area contributed by atoms with Gasteiger partial charge in [0.05, 0.1) is 0 Å². The zero-order valence-electron chi connectivity index (χ0n) is 14.3. The number of hydrogen-bond donors (Lipinski definition) is 0. The SMILES string of the molecule is C=CC=C(C)C=CC=C(C)C=CC=C(C)CCC=C(C)C. The largest absolute Gasteiger partial charge is 0.0991 e. The monoisotopic (exact) mass is 282 g/mol. The molecule has 0 unspecified atom stereocenters. The van der Waals surface area contributed by atoms with Crippen molar-refractivity contribution in [1.82, 2.24) is 0 Å². The molecular formula is C21H30. The minimum absolute atomic E-state index is 1.13. The molecule has 0 N–H and O–H groups in total. The van der Waals surface area contributed by atoms with Gasteiger partial charge in [-0.05, 0) is 47.5 Å². The molecule has 21 heavy (non-hydrogen) atoms. The Balaban J connectivity index is 4.36. The summed E-state index contributed by atoms with van der Waals surface area (Å²) in [6.07, 6.45) is 21.1. The molecule has 0 bridgehead atoms. The van der Waals surface area contributed by atoms with Gasteiger partial charge in [0, 0.05) is 0 Å². The van der Waals surface area contributed by atoms with Crippen molar-refractivity contribution in [2.75, 3.05) is 0 Å². The van der Waals surface area contributed by atoms with Gasteiger partial charge in [0.2, 0.25) is 0 Å². The lowest BCUT2D eigenvalue weighted by Crippen LogP contribution is -1.76. The van der Waals surface area contributed by atoms with Crippen molar-refractivity contribution >= 4 is 0 Å². The van der Waals surface area contributed by atoms with E-state index in [1.54, 1.807) is 6.08 Å². The maximum atomic E-state index is 3.68. The van der Waals surface area contributed by atoms with Crippen molar-refractivity contribution in [1.29, 1.82) is 0 Å². The van der Waals surface area contributed by atoms with E-state index in [1.807, 2.05) is 6.08 Å². The van der Waals surface area contributed by atoms with Crippen LogP contribution in [0.3, 0.4) is 0 Å². The highest BCUT2D eigenvalue weighted by Gasteiger charge is 1.87. The molecule has 0 rings (SSSR count). The van der Waals surface area contributed by atoms with Gasteiger partial charge in [0.25, 0.3) is 0 Å². The van der Waals surface area contributed by atoms with Crippen molar-refractivity contribution in [3.05, 3.63) is 83.6 Å². The Morgan fingerprint density at radius 3 is 1.95 bits per heavy atom. The van der Waals surface area contributed by atoms with E-state index in [0.29, 0.717) is 0 Å². The molecule has 0 aromatic heterocycles. The molecule has 114 valence electrons. The zero-order chi connectivity index (χ0) is 16.1. The van der Waals surface area contributed by atoms with Crippen LogP contribution in [0.15, 0.2) is 83.6 Å². The highest BCUT2D eigenvalue weighted by Crippen LogP contribution is 2.07. The molecule has 0 amide bonds. The van der Waals surface area contributed by atoms with Crippen LogP contribution in [0, 0.1) is 0 Å². The molecule has 0 heterocycles. The second-order valence-electron chi connectivity index (χ2n) is 5.61. The van der Waals surface area contributed by atoms with Gasteiger partial charge in [-0.15, -0.1) is 0 Å². The fourth-order valence-electron chi connectivity index (χ4n) is 1.68. The lowest BCUT2D eigenvalue weighted by atomic mass is 10.1. The molecule has 0 atom stereocenters. The van der Waals surface area contributed by atoms with Crippen LogP contribution in [0.25, 0.3) is 0 Å². The lowest BCUT2D eigenvalue weighted by Gasteiger charge is -1.96. The second-order valence-corrected chi connectivity index (χ2v) is 5.61. The summed E-state index contributed by atoms with van der Waals surface area (Å²) >= 11 is 0. The summed E-state index contributed by atoms with van der Waals surface area (Å²) in [6, 6.07) is 0. The van der Waals surface area contributed by atoms with Crippen LogP contribution in [0.5, 0.6) is 0 Å². The lowest BCUT2D eigenvalue weighted by molar-refractivity contribution is 0.967. The van der Waals surface area contributed by atoms with Gasteiger partial charge in [0.1, 0.15) is 0 Å². The maximum Gasteiger partial charge on any atom is -0.0285 e. The molecular weight excluding hydrogens is 252 g/mol. The molecule has 0 saturated carbocycles. The summed E-state index contributed by atoms with van der Waals surface area (Å²) in [6.45, 7) is 14.3. The Bertz CT molecular complexity index is 484. The Hall–Kier alpha value is -1.82. The van der Waals surface area contributed by atoms with E-state index in [2.05, 4.69) is 83.7 Å². The minimum atomic E-state index is 1.13. The Kier molecular flexibility index (Phi) is 10.9. The first-order valence-corrected chi connectivity index (χ1v) is 7.57. The Morgan fingerprint density at radius 1 is 0.810 bits per heavy atom. The van der Waals surface area contributed by atoms with E-state index in [4.69, 9.17) is 0 Å². The third-order valence-electron chi connectivity index (χ3n) is 2.93. The fraction of sp³-hybridized carbons (Fsp3) is 0.333. The van der Waals surface area contributed by atoms with Crippen LogP contribution in [0.1, 0.15) is 47.5 Å². The summed E-state index contributed by atoms with van der Waals surface area (Å²) in [7, 11) is 0. The number of allylic oxidation sites excluding steroid dienone is 13. The molecule has 0 fully saturated rings. The van der Waals surface area contributed by atoms with Gasteiger partial charge >= 0.3 is 0 Å². The zero-order valence-corrected chi connectivity index (χ0v) is 14.3. The third kappa shape index (κ3) is 12.9. The van der Waals surface area contributed by atoms with E-state index in [1.165, 1.54) is 22.3 Å². The summed E-state index contributed by atoms with van der Waals surface area (Å²) < 4.78 is 0. The minimum Gasteiger partial charge on any atom is -0.0991 e. The van der Waals surface area contributed by atoms with Crippen molar-refractivity contribution in [3.8, 4) is 0 Å². The number of rotatable bonds is 8. The number of hydrogen-bond acceptors (Lipinski definition) is 0. The van der Waals surface area contributed by atoms with E-state index in [0.717, 1.165) is 12.8 Å². The molecule has 0 spiro atoms. The summed E-state index contributed by atoms with van der Waals surface area (Å²) in [5, 5.41) is 0. The Morgan fingerprint density at radius 2 is 1.38 bits per heavy atom. The smallest absolute Gasteiger partial charge is 0.0285 e. The molecule has 0 aliphatic heterocycles. The molecule has 0 aromatic rings. The van der Waals surface area contributed by atoms with Crippen LogP contribution in [0.4, 0.5) is 0 Å². The predicted octanol–water partition coefficient (Wildman–Crippen LogP) is 6.87. The quantitative estimate of drug-likeness (QED) is 0.336. The second kappa shape index (κ2) is 12.0. The predicted molar refractivity (Wildman–Crippen MR) is 98.4 cm³/mol. The van der Waals surface area contributed by atoms with E-state index in [9.17, 15) is 0 Å². The summed E-state index contributed by atoms with van der Waals surface area (Å²) in [5.41, 5.74) is 5.25. The average Bonchev–Trinajstić information content (AvgIpc) is 2.38. The molecule has 0 aliphatic carbocycles. The van der Waals surface area contributed by atoms with Crippen LogP contribution in [-0.2, 0) is 0 Å². The van der Waals surface area contributed by atoms with Gasteiger partial charge in [-0.3, -0.25) is 0 Å². The average molecular weight is 282 g/mol.